The topological polar surface area (TPSA) is 243 Å². The molecule has 5 rings (SSSR count). The van der Waals surface area contributed by atoms with Crippen molar-refractivity contribution in [2.24, 2.45) is 39.9 Å². The van der Waals surface area contributed by atoms with E-state index < -0.39 is 125 Å². The lowest BCUT2D eigenvalue weighted by Gasteiger charge is -2.68. The van der Waals surface area contributed by atoms with Gasteiger partial charge < -0.3 is 50.7 Å². The van der Waals surface area contributed by atoms with E-state index in [1.54, 1.807) is 6.92 Å². The van der Waals surface area contributed by atoms with Crippen molar-refractivity contribution in [2.75, 3.05) is 6.61 Å². The van der Waals surface area contributed by atoms with Gasteiger partial charge in [0.15, 0.2) is 0 Å². The second-order valence-corrected chi connectivity index (χ2v) is 16.0. The number of fused-ring (bicyclic) bond motifs is 5. The summed E-state index contributed by atoms with van der Waals surface area (Å²) >= 11 is 0. The molecule has 1 heterocycles. The molecule has 15 atom stereocenters. The van der Waals surface area contributed by atoms with Crippen molar-refractivity contribution < 1.29 is 65.1 Å². The van der Waals surface area contributed by atoms with Crippen molar-refractivity contribution in [1.82, 2.24) is 0 Å². The third-order valence-electron chi connectivity index (χ3n) is 13.9. The number of ether oxygens (including phenoxy) is 1. The molecule has 0 aromatic carbocycles. The highest BCUT2D eigenvalue weighted by Crippen LogP contribution is 2.73. The number of carbonyl (C=O) groups is 3. The smallest absolute Gasteiger partial charge is 0.331 e. The first-order chi connectivity index (χ1) is 22.3. The minimum absolute atomic E-state index is 0.0705. The number of rotatable bonds is 11. The molecule has 13 heteroatoms. The number of cyclic esters (lactones) is 1. The average molecular weight is 683 g/mol. The van der Waals surface area contributed by atoms with E-state index in [1.807, 2.05) is 6.92 Å². The number of ketones is 2. The van der Waals surface area contributed by atoms with Gasteiger partial charge in [0.25, 0.3) is 0 Å². The van der Waals surface area contributed by atoms with Crippen LogP contribution in [0, 0.1) is 39.9 Å². The maximum atomic E-state index is 14.7. The molecular weight excluding hydrogens is 628 g/mol. The SMILES string of the molecule is CC(O)C(O)C(O)CC(=O)C1(C(=O)CC(O)C(O)C(C)O)C[C@H](O)C[C@H]2CC[C@@H]3[C@H](C[C@@H](O)[C@]4(C)[C@@H](C5=CC(=O)OC5)CC[C@]34O)[C@]21C. The number of hydrogen-bond donors (Lipinski definition) is 9. The molecule has 4 saturated carbocycles. The van der Waals surface area contributed by atoms with Crippen molar-refractivity contribution in [3.63, 3.8) is 0 Å². The second-order valence-electron chi connectivity index (χ2n) is 16.0. The molecule has 4 fully saturated rings. The van der Waals surface area contributed by atoms with Crippen LogP contribution in [-0.2, 0) is 19.1 Å². The van der Waals surface area contributed by atoms with Crippen molar-refractivity contribution >= 4 is 17.5 Å². The number of aliphatic hydroxyl groups is 9. The van der Waals surface area contributed by atoms with Gasteiger partial charge >= 0.3 is 5.97 Å². The zero-order chi connectivity index (χ0) is 35.7. The minimum Gasteiger partial charge on any atom is -0.458 e. The van der Waals surface area contributed by atoms with Gasteiger partial charge in [0.05, 0.1) is 47.6 Å². The Hall–Kier alpha value is -1.81. The van der Waals surface area contributed by atoms with Crippen LogP contribution in [0.15, 0.2) is 11.6 Å². The lowest BCUT2D eigenvalue weighted by molar-refractivity contribution is -0.263. The van der Waals surface area contributed by atoms with Gasteiger partial charge in [-0.1, -0.05) is 13.8 Å². The fraction of sp³-hybridized carbons (Fsp3) is 0.857. The molecule has 1 aliphatic heterocycles. The number of Topliss-reactive ketones (excluding diaryl/α,β-unsaturated/α-hetero) is 2. The Labute approximate surface area is 280 Å². The predicted molar refractivity (Wildman–Crippen MR) is 168 cm³/mol. The molecule has 0 amide bonds. The summed E-state index contributed by atoms with van der Waals surface area (Å²) in [7, 11) is 0. The Kier molecular flexibility index (Phi) is 10.2. The molecule has 272 valence electrons. The largest absolute Gasteiger partial charge is 0.458 e. The van der Waals surface area contributed by atoms with Gasteiger partial charge in [-0.15, -0.1) is 0 Å². The first-order valence-electron chi connectivity index (χ1n) is 17.4. The molecule has 0 saturated heterocycles. The van der Waals surface area contributed by atoms with E-state index in [2.05, 4.69) is 0 Å². The van der Waals surface area contributed by atoms with Crippen LogP contribution < -0.4 is 0 Å². The third kappa shape index (κ3) is 5.43. The molecule has 0 bridgehead atoms. The van der Waals surface area contributed by atoms with E-state index >= 15 is 0 Å². The first-order valence-corrected chi connectivity index (χ1v) is 17.4. The van der Waals surface area contributed by atoms with E-state index in [1.165, 1.54) is 19.9 Å². The van der Waals surface area contributed by atoms with Crippen LogP contribution in [0.1, 0.15) is 85.5 Å². The number of aliphatic hydroxyl groups excluding tert-OH is 8. The van der Waals surface area contributed by atoms with Crippen molar-refractivity contribution in [3.05, 3.63) is 11.6 Å². The third-order valence-corrected chi connectivity index (χ3v) is 13.9. The van der Waals surface area contributed by atoms with E-state index in [0.717, 1.165) is 0 Å². The Balaban J connectivity index is 1.63. The van der Waals surface area contributed by atoms with Crippen LogP contribution in [0.25, 0.3) is 0 Å². The Morgan fingerprint density at radius 3 is 1.92 bits per heavy atom. The van der Waals surface area contributed by atoms with Gasteiger partial charge in [-0.05, 0) is 93.5 Å². The molecule has 9 N–H and O–H groups in total. The molecule has 0 aromatic rings. The predicted octanol–water partition coefficient (Wildman–Crippen LogP) is -0.705. The molecule has 48 heavy (non-hydrogen) atoms. The van der Waals surface area contributed by atoms with Crippen LogP contribution >= 0.6 is 0 Å². The average Bonchev–Trinajstić information content (AvgIpc) is 3.56. The van der Waals surface area contributed by atoms with Crippen molar-refractivity contribution in [2.45, 2.75) is 140 Å². The maximum Gasteiger partial charge on any atom is 0.331 e. The van der Waals surface area contributed by atoms with Crippen LogP contribution in [-0.4, -0.2) is 125 Å². The van der Waals surface area contributed by atoms with E-state index in [9.17, 15) is 60.3 Å². The van der Waals surface area contributed by atoms with Crippen LogP contribution in [0.2, 0.25) is 0 Å². The summed E-state index contributed by atoms with van der Waals surface area (Å²) in [6.07, 6.45) is -10.7. The Morgan fingerprint density at radius 1 is 0.854 bits per heavy atom. The van der Waals surface area contributed by atoms with Gasteiger partial charge in [0.2, 0.25) is 0 Å². The molecule has 4 aliphatic carbocycles. The summed E-state index contributed by atoms with van der Waals surface area (Å²) in [5.74, 6) is -4.12. The summed E-state index contributed by atoms with van der Waals surface area (Å²) in [6, 6.07) is 0. The quantitative estimate of drug-likeness (QED) is 0.0968. The molecular formula is C35H54O13. The molecule has 0 radical (unpaired) electrons. The zero-order valence-electron chi connectivity index (χ0n) is 28.2. The summed E-state index contributed by atoms with van der Waals surface area (Å²) in [5.41, 5.74) is -5.30. The molecule has 13 nitrogen and oxygen atoms in total. The van der Waals surface area contributed by atoms with E-state index in [4.69, 9.17) is 4.74 Å². The highest BCUT2D eigenvalue weighted by Gasteiger charge is 2.75. The highest BCUT2D eigenvalue weighted by atomic mass is 16.5. The van der Waals surface area contributed by atoms with Gasteiger partial charge in [-0.25, -0.2) is 4.79 Å². The molecule has 0 aromatic heterocycles. The molecule has 5 aliphatic rings. The molecule has 0 spiro atoms. The Morgan fingerprint density at radius 2 is 1.42 bits per heavy atom. The van der Waals surface area contributed by atoms with Gasteiger partial charge in [-0.2, -0.15) is 0 Å². The maximum absolute atomic E-state index is 14.7. The summed E-state index contributed by atoms with van der Waals surface area (Å²) < 4.78 is 5.18. The lowest BCUT2D eigenvalue weighted by atomic mass is 9.35. The van der Waals surface area contributed by atoms with Crippen LogP contribution in [0.5, 0.6) is 0 Å². The number of carbonyl (C=O) groups excluding carboxylic acids is 3. The second kappa shape index (κ2) is 13.1. The Bertz CT molecular complexity index is 1260. The summed E-state index contributed by atoms with van der Waals surface area (Å²) in [5, 5.41) is 98.5. The van der Waals surface area contributed by atoms with Crippen LogP contribution in [0.3, 0.4) is 0 Å². The van der Waals surface area contributed by atoms with Crippen molar-refractivity contribution in [1.29, 1.82) is 0 Å². The summed E-state index contributed by atoms with van der Waals surface area (Å²) in [4.78, 5) is 41.4. The summed E-state index contributed by atoms with van der Waals surface area (Å²) in [6.45, 7) is 6.11. The van der Waals surface area contributed by atoms with Gasteiger partial charge in [0.1, 0.15) is 30.4 Å². The number of hydrogen-bond acceptors (Lipinski definition) is 13. The van der Waals surface area contributed by atoms with Crippen LogP contribution in [0.4, 0.5) is 0 Å². The zero-order valence-corrected chi connectivity index (χ0v) is 28.2. The normalized spacial score (nSPS) is 44.6. The highest BCUT2D eigenvalue weighted by molar-refractivity contribution is 6.08. The van der Waals surface area contributed by atoms with E-state index in [-0.39, 0.29) is 31.8 Å². The lowest BCUT2D eigenvalue weighted by Crippen LogP contribution is -2.72. The van der Waals surface area contributed by atoms with E-state index in [0.29, 0.717) is 24.8 Å². The van der Waals surface area contributed by atoms with Gasteiger partial charge in [-0.3, -0.25) is 9.59 Å². The van der Waals surface area contributed by atoms with Crippen molar-refractivity contribution in [3.8, 4) is 0 Å². The number of esters is 1. The first kappa shape index (κ1) is 37.4. The minimum atomic E-state index is -2.10. The fourth-order valence-corrected chi connectivity index (χ4v) is 11.2. The van der Waals surface area contributed by atoms with Gasteiger partial charge in [0, 0.05) is 24.3 Å². The molecule has 6 unspecified atom stereocenters. The monoisotopic (exact) mass is 682 g/mol. The fourth-order valence-electron chi connectivity index (χ4n) is 11.2. The standard InChI is InChI=1S/C35H54O13/c1-16(36)30(45)24(39)12-27(42)34(28(43)13-25(40)31(46)17(2)37)14-20(38)10-19-5-6-22-23(32(19,34)3)11-26(41)33(4)21(7-8-35(22,33)47)18-9-29(44)48-15-18/h9,16-17,19-26,30-31,36-41,45-47H,5-8,10-15H2,1-4H3/t16?,17?,19-,20-,21-,22-,23+,24?,25?,26-,30?,31?,32+,33+,34?,35+/m1/s1.